The van der Waals surface area contributed by atoms with E-state index in [2.05, 4.69) is 0 Å². The van der Waals surface area contributed by atoms with Crippen LogP contribution in [0.5, 0.6) is 0 Å². The van der Waals surface area contributed by atoms with E-state index in [1.807, 2.05) is 0 Å². The summed E-state index contributed by atoms with van der Waals surface area (Å²) in [6.45, 7) is 1.60. The zero-order chi connectivity index (χ0) is 19.2. The predicted molar refractivity (Wildman–Crippen MR) is 71.6 cm³/mol. The van der Waals surface area contributed by atoms with Gasteiger partial charge in [0.05, 0.1) is 16.7 Å². The Balaban J connectivity index is 2.88. The largest absolute Gasteiger partial charge is 0.417 e. The molecule has 9 heteroatoms. The van der Waals surface area contributed by atoms with E-state index in [-0.39, 0.29) is 11.6 Å². The van der Waals surface area contributed by atoms with Crippen molar-refractivity contribution >= 4 is 0 Å². The van der Waals surface area contributed by atoms with Crippen LogP contribution in [0.4, 0.5) is 39.5 Å². The summed E-state index contributed by atoms with van der Waals surface area (Å²) in [7, 11) is 0. The summed E-state index contributed by atoms with van der Waals surface area (Å²) in [5.74, 6) is 0. The minimum Gasteiger partial charge on any atom is -0.166 e. The highest BCUT2D eigenvalue weighted by atomic mass is 19.4. The van der Waals surface area contributed by atoms with Gasteiger partial charge in [-0.05, 0) is 30.2 Å². The summed E-state index contributed by atoms with van der Waals surface area (Å²) < 4.78 is 117. The first-order chi connectivity index (χ1) is 11.2. The van der Waals surface area contributed by atoms with E-state index in [0.717, 1.165) is 12.1 Å². The molecule has 2 aromatic carbocycles. The van der Waals surface area contributed by atoms with E-state index in [4.69, 9.17) is 0 Å². The van der Waals surface area contributed by atoms with Crippen LogP contribution in [0.25, 0.3) is 11.1 Å². The van der Waals surface area contributed by atoms with Gasteiger partial charge < -0.3 is 0 Å². The fourth-order valence-corrected chi connectivity index (χ4v) is 2.28. The molecule has 0 fully saturated rings. The van der Waals surface area contributed by atoms with Crippen molar-refractivity contribution < 1.29 is 39.5 Å². The number of aryl methyl sites for hydroxylation is 1. The first-order valence-electron chi connectivity index (χ1n) is 6.68. The molecule has 0 aliphatic rings. The van der Waals surface area contributed by atoms with E-state index < -0.39 is 46.8 Å². The molecule has 0 nitrogen and oxygen atoms in total. The van der Waals surface area contributed by atoms with E-state index >= 15 is 0 Å². The fourth-order valence-electron chi connectivity index (χ4n) is 2.28. The summed E-state index contributed by atoms with van der Waals surface area (Å²) >= 11 is 0. The van der Waals surface area contributed by atoms with Crippen molar-refractivity contribution in [3.05, 3.63) is 58.7 Å². The van der Waals surface area contributed by atoms with Gasteiger partial charge in [0, 0.05) is 0 Å². The molecule has 2 rings (SSSR count). The van der Waals surface area contributed by atoms with Crippen molar-refractivity contribution in [3.63, 3.8) is 0 Å². The second-order valence-electron chi connectivity index (χ2n) is 5.30. The standard InChI is InChI=1S/C16H9F9/c1-8-2-4-9(5-3-8)10-6-12(15(20,21)22)13(16(23,24)25)7-11(10)14(17,18)19/h2-7H,1H3. The highest BCUT2D eigenvalue weighted by molar-refractivity contribution is 5.70. The number of halogens is 9. The topological polar surface area (TPSA) is 0 Å². The second kappa shape index (κ2) is 5.96. The minimum absolute atomic E-state index is 0.101. The molecule has 0 aliphatic heterocycles. The average Bonchev–Trinajstić information content (AvgIpc) is 2.44. The van der Waals surface area contributed by atoms with Crippen LogP contribution in [-0.2, 0) is 18.5 Å². The van der Waals surface area contributed by atoms with E-state index in [1.54, 1.807) is 6.92 Å². The number of alkyl halides is 9. The van der Waals surface area contributed by atoms with E-state index in [9.17, 15) is 39.5 Å². The Kier molecular flexibility index (Phi) is 4.56. The fraction of sp³-hybridized carbons (Fsp3) is 0.250. The normalized spacial score (nSPS) is 13.2. The maximum absolute atomic E-state index is 13.2. The Hall–Kier alpha value is -2.19. The summed E-state index contributed by atoms with van der Waals surface area (Å²) in [5.41, 5.74) is -6.92. The Morgan fingerprint density at radius 2 is 0.960 bits per heavy atom. The minimum atomic E-state index is -5.59. The van der Waals surface area contributed by atoms with Gasteiger partial charge >= 0.3 is 18.5 Å². The van der Waals surface area contributed by atoms with E-state index in [1.165, 1.54) is 12.1 Å². The Morgan fingerprint density at radius 3 is 1.36 bits per heavy atom. The molecule has 25 heavy (non-hydrogen) atoms. The van der Waals surface area contributed by atoms with Crippen molar-refractivity contribution in [1.29, 1.82) is 0 Å². The third-order valence-electron chi connectivity index (χ3n) is 3.44. The monoisotopic (exact) mass is 372 g/mol. The molecule has 0 N–H and O–H groups in total. The number of benzene rings is 2. The molecule has 0 aromatic heterocycles. The summed E-state index contributed by atoms with van der Waals surface area (Å²) in [5, 5.41) is 0. The zero-order valence-corrected chi connectivity index (χ0v) is 12.4. The van der Waals surface area contributed by atoms with Crippen LogP contribution >= 0.6 is 0 Å². The van der Waals surface area contributed by atoms with Gasteiger partial charge in [-0.25, -0.2) is 0 Å². The highest BCUT2D eigenvalue weighted by Gasteiger charge is 2.46. The smallest absolute Gasteiger partial charge is 0.166 e. The summed E-state index contributed by atoms with van der Waals surface area (Å²) in [4.78, 5) is 0. The third kappa shape index (κ3) is 4.08. The van der Waals surface area contributed by atoms with Crippen LogP contribution in [0.2, 0.25) is 0 Å². The van der Waals surface area contributed by atoms with Crippen LogP contribution in [0.1, 0.15) is 22.3 Å². The van der Waals surface area contributed by atoms with Gasteiger partial charge in [0.25, 0.3) is 0 Å². The third-order valence-corrected chi connectivity index (χ3v) is 3.44. The molecule has 2 aromatic rings. The lowest BCUT2D eigenvalue weighted by Gasteiger charge is -2.21. The Morgan fingerprint density at radius 1 is 0.560 bits per heavy atom. The van der Waals surface area contributed by atoms with Crippen molar-refractivity contribution in [3.8, 4) is 11.1 Å². The quantitative estimate of drug-likeness (QED) is 0.488. The van der Waals surface area contributed by atoms with Crippen LogP contribution in [-0.4, -0.2) is 0 Å². The van der Waals surface area contributed by atoms with Gasteiger partial charge in [0.1, 0.15) is 0 Å². The molecular weight excluding hydrogens is 363 g/mol. The SMILES string of the molecule is Cc1ccc(-c2cc(C(F)(F)F)c(C(F)(F)F)cc2C(F)(F)F)cc1. The average molecular weight is 372 g/mol. The molecule has 0 heterocycles. The molecule has 0 saturated heterocycles. The number of rotatable bonds is 1. The van der Waals surface area contributed by atoms with Crippen molar-refractivity contribution in [1.82, 2.24) is 0 Å². The van der Waals surface area contributed by atoms with Gasteiger partial charge in [-0.15, -0.1) is 0 Å². The first kappa shape index (κ1) is 19.1. The van der Waals surface area contributed by atoms with Gasteiger partial charge in [-0.1, -0.05) is 29.8 Å². The molecule has 0 aliphatic carbocycles. The molecular formula is C16H9F9. The van der Waals surface area contributed by atoms with Gasteiger partial charge in [0.2, 0.25) is 0 Å². The van der Waals surface area contributed by atoms with Crippen molar-refractivity contribution in [2.75, 3.05) is 0 Å². The van der Waals surface area contributed by atoms with Crippen molar-refractivity contribution in [2.24, 2.45) is 0 Å². The molecule has 136 valence electrons. The lowest BCUT2D eigenvalue weighted by Crippen LogP contribution is -2.19. The molecule has 0 atom stereocenters. The molecule has 0 unspecified atom stereocenters. The lowest BCUT2D eigenvalue weighted by molar-refractivity contribution is -0.163. The van der Waals surface area contributed by atoms with Crippen LogP contribution < -0.4 is 0 Å². The van der Waals surface area contributed by atoms with Crippen LogP contribution in [0, 0.1) is 6.92 Å². The van der Waals surface area contributed by atoms with E-state index in [0.29, 0.717) is 5.56 Å². The molecule has 0 amide bonds. The summed E-state index contributed by atoms with van der Waals surface area (Å²) in [6, 6.07) is 4.34. The van der Waals surface area contributed by atoms with Gasteiger partial charge in [-0.3, -0.25) is 0 Å². The van der Waals surface area contributed by atoms with Gasteiger partial charge in [-0.2, -0.15) is 39.5 Å². The maximum atomic E-state index is 13.2. The van der Waals surface area contributed by atoms with Crippen LogP contribution in [0.3, 0.4) is 0 Å². The van der Waals surface area contributed by atoms with Crippen LogP contribution in [0.15, 0.2) is 36.4 Å². The lowest BCUT2D eigenvalue weighted by atomic mass is 9.92. The number of hydrogen-bond acceptors (Lipinski definition) is 0. The Labute approximate surface area is 135 Å². The highest BCUT2D eigenvalue weighted by Crippen LogP contribution is 2.46. The molecule has 0 bridgehead atoms. The molecule has 0 spiro atoms. The Bertz CT molecular complexity index is 762. The molecule has 0 radical (unpaired) electrons. The first-order valence-corrected chi connectivity index (χ1v) is 6.68. The maximum Gasteiger partial charge on any atom is 0.417 e. The van der Waals surface area contributed by atoms with Crippen molar-refractivity contribution in [2.45, 2.75) is 25.5 Å². The predicted octanol–water partition coefficient (Wildman–Crippen LogP) is 6.72. The zero-order valence-electron chi connectivity index (χ0n) is 12.4. The molecule has 0 saturated carbocycles. The second-order valence-corrected chi connectivity index (χ2v) is 5.30. The summed E-state index contributed by atoms with van der Waals surface area (Å²) in [6.07, 6.45) is -16.3. The van der Waals surface area contributed by atoms with Gasteiger partial charge in [0.15, 0.2) is 0 Å². The number of hydrogen-bond donors (Lipinski definition) is 0.